The molecule has 3 aliphatic rings. The number of ether oxygens (including phenoxy) is 2. The first-order valence-electron chi connectivity index (χ1n) is 15.8. The number of alkyl carbamates (subject to hydrolysis) is 1. The van der Waals surface area contributed by atoms with Crippen molar-refractivity contribution in [1.82, 2.24) is 5.32 Å². The zero-order valence-electron chi connectivity index (χ0n) is 25.3. The highest BCUT2D eigenvalue weighted by atomic mass is 16.6. The molecule has 2 saturated carbocycles. The fourth-order valence-corrected chi connectivity index (χ4v) is 8.58. The molecule has 214 valence electrons. The molecule has 0 radical (unpaired) electrons. The van der Waals surface area contributed by atoms with Gasteiger partial charge in [0.15, 0.2) is 0 Å². The molecule has 4 nitrogen and oxygen atoms in total. The molecule has 0 aromatic carbocycles. The van der Waals surface area contributed by atoms with Crippen molar-refractivity contribution in [3.8, 4) is 0 Å². The maximum absolute atomic E-state index is 12.7. The number of nitrogens with one attached hydrogen (secondary N) is 1. The molecule has 37 heavy (non-hydrogen) atoms. The highest BCUT2D eigenvalue weighted by Gasteiger charge is 2.63. The number of rotatable bonds is 13. The highest BCUT2D eigenvalue weighted by Crippen LogP contribution is 2.66. The number of amides is 1. The number of carbonyl (C=O) groups excluding carboxylic acids is 1. The summed E-state index contributed by atoms with van der Waals surface area (Å²) in [6.07, 6.45) is 21.3. The van der Waals surface area contributed by atoms with Gasteiger partial charge in [0.2, 0.25) is 0 Å². The van der Waals surface area contributed by atoms with Crippen LogP contribution in [0.1, 0.15) is 144 Å². The van der Waals surface area contributed by atoms with Crippen LogP contribution in [0.2, 0.25) is 0 Å². The normalized spacial score (nSPS) is 36.8. The Morgan fingerprint density at radius 1 is 0.865 bits per heavy atom. The average Bonchev–Trinajstić information content (AvgIpc) is 2.83. The Labute approximate surface area is 229 Å². The summed E-state index contributed by atoms with van der Waals surface area (Å²) in [5.74, 6) is 1.07. The molecule has 6 atom stereocenters. The van der Waals surface area contributed by atoms with Gasteiger partial charge < -0.3 is 14.8 Å². The van der Waals surface area contributed by atoms with Gasteiger partial charge in [0, 0.05) is 12.0 Å². The van der Waals surface area contributed by atoms with E-state index in [1.165, 1.54) is 64.2 Å². The lowest BCUT2D eigenvalue weighted by molar-refractivity contribution is -0.261. The Balaban J connectivity index is 1.42. The van der Waals surface area contributed by atoms with Crippen molar-refractivity contribution in [1.29, 1.82) is 0 Å². The third kappa shape index (κ3) is 7.14. The number of unbranched alkanes of at least 4 members (excludes halogenated alkanes) is 9. The number of fused-ring (bicyclic) bond motifs is 3. The van der Waals surface area contributed by atoms with E-state index >= 15 is 0 Å². The van der Waals surface area contributed by atoms with Gasteiger partial charge in [-0.15, -0.1) is 6.58 Å². The quantitative estimate of drug-likeness (QED) is 0.195. The van der Waals surface area contributed by atoms with Crippen LogP contribution >= 0.6 is 0 Å². The summed E-state index contributed by atoms with van der Waals surface area (Å²) in [6.45, 7) is 18.8. The first-order chi connectivity index (χ1) is 17.5. The average molecular weight is 518 g/mol. The minimum Gasteiger partial charge on any atom is -0.446 e. The van der Waals surface area contributed by atoms with Crippen molar-refractivity contribution in [2.45, 2.75) is 162 Å². The summed E-state index contributed by atoms with van der Waals surface area (Å²) in [6, 6.07) is 0. The Bertz CT molecular complexity index is 750. The Morgan fingerprint density at radius 3 is 2.08 bits per heavy atom. The third-order valence-electron chi connectivity index (χ3n) is 10.8. The molecular weight excluding hydrogens is 458 g/mol. The fourth-order valence-electron chi connectivity index (χ4n) is 8.58. The predicted molar refractivity (Wildman–Crippen MR) is 155 cm³/mol. The molecule has 1 unspecified atom stereocenters. The monoisotopic (exact) mass is 517 g/mol. The zero-order valence-corrected chi connectivity index (χ0v) is 25.3. The van der Waals surface area contributed by atoms with Crippen LogP contribution in [0.25, 0.3) is 0 Å². The standard InChI is InChI=1S/C33H59NO3/c1-8-10-11-12-13-14-15-16-17-18-25-34-29(35)36-28-21-23-32(6)26(30(28,3)4)20-24-33(7)27(32)19-22-31(5,9-2)37-33/h9,26-28H,2,8,10-25H2,1,3-7H3,(H,34,35)/t26?,27-,28+,31-,32+,33-/m0/s1. The van der Waals surface area contributed by atoms with E-state index < -0.39 is 0 Å². The van der Waals surface area contributed by atoms with Gasteiger partial charge in [0.05, 0.1) is 11.2 Å². The highest BCUT2D eigenvalue weighted by molar-refractivity contribution is 5.67. The van der Waals surface area contributed by atoms with E-state index in [1.54, 1.807) is 0 Å². The summed E-state index contributed by atoms with van der Waals surface area (Å²) in [5, 5.41) is 3.05. The lowest BCUT2D eigenvalue weighted by Gasteiger charge is -2.66. The van der Waals surface area contributed by atoms with Crippen LogP contribution in [0.3, 0.4) is 0 Å². The maximum Gasteiger partial charge on any atom is 0.407 e. The van der Waals surface area contributed by atoms with Crippen LogP contribution in [-0.2, 0) is 9.47 Å². The lowest BCUT2D eigenvalue weighted by atomic mass is 9.44. The maximum atomic E-state index is 12.7. The van der Waals surface area contributed by atoms with Gasteiger partial charge in [-0.2, -0.15) is 0 Å². The summed E-state index contributed by atoms with van der Waals surface area (Å²) < 4.78 is 12.9. The molecule has 3 rings (SSSR count). The summed E-state index contributed by atoms with van der Waals surface area (Å²) in [7, 11) is 0. The molecule has 0 aromatic rings. The Hall–Kier alpha value is -1.03. The van der Waals surface area contributed by atoms with Gasteiger partial charge in [0.25, 0.3) is 0 Å². The largest absolute Gasteiger partial charge is 0.446 e. The van der Waals surface area contributed by atoms with E-state index in [4.69, 9.17) is 9.47 Å². The predicted octanol–water partition coefficient (Wildman–Crippen LogP) is 9.37. The fraction of sp³-hybridized carbons (Fsp3) is 0.909. The number of carbonyl (C=O) groups is 1. The smallest absolute Gasteiger partial charge is 0.407 e. The molecule has 1 N–H and O–H groups in total. The van der Waals surface area contributed by atoms with E-state index in [-0.39, 0.29) is 34.2 Å². The van der Waals surface area contributed by atoms with Crippen LogP contribution in [0.4, 0.5) is 4.79 Å². The molecule has 1 heterocycles. The van der Waals surface area contributed by atoms with Crippen molar-refractivity contribution in [3.63, 3.8) is 0 Å². The van der Waals surface area contributed by atoms with Crippen molar-refractivity contribution in [3.05, 3.63) is 12.7 Å². The zero-order chi connectivity index (χ0) is 27.2. The third-order valence-corrected chi connectivity index (χ3v) is 10.8. The molecule has 1 aliphatic heterocycles. The molecule has 1 amide bonds. The number of hydrogen-bond acceptors (Lipinski definition) is 3. The van der Waals surface area contributed by atoms with Crippen LogP contribution < -0.4 is 5.32 Å². The molecule has 0 bridgehead atoms. The Morgan fingerprint density at radius 2 is 1.46 bits per heavy atom. The molecule has 4 heteroatoms. The molecular formula is C33H59NO3. The van der Waals surface area contributed by atoms with Gasteiger partial charge in [-0.25, -0.2) is 4.79 Å². The van der Waals surface area contributed by atoms with E-state index in [1.807, 2.05) is 6.08 Å². The second-order valence-corrected chi connectivity index (χ2v) is 14.0. The van der Waals surface area contributed by atoms with Gasteiger partial charge in [0.1, 0.15) is 6.10 Å². The van der Waals surface area contributed by atoms with Crippen molar-refractivity contribution < 1.29 is 14.3 Å². The summed E-state index contributed by atoms with van der Waals surface area (Å²) >= 11 is 0. The molecule has 3 fully saturated rings. The lowest BCUT2D eigenvalue weighted by Crippen LogP contribution is -2.64. The van der Waals surface area contributed by atoms with Crippen LogP contribution in [0, 0.1) is 22.7 Å². The van der Waals surface area contributed by atoms with Crippen molar-refractivity contribution in [2.24, 2.45) is 22.7 Å². The first kappa shape index (κ1) is 30.5. The number of hydrogen-bond donors (Lipinski definition) is 1. The van der Waals surface area contributed by atoms with Crippen molar-refractivity contribution in [2.75, 3.05) is 6.54 Å². The second-order valence-electron chi connectivity index (χ2n) is 14.0. The van der Waals surface area contributed by atoms with E-state index in [0.29, 0.717) is 11.8 Å². The minimum absolute atomic E-state index is 0.0226. The van der Waals surface area contributed by atoms with Gasteiger partial charge in [-0.05, 0) is 76.0 Å². The first-order valence-corrected chi connectivity index (χ1v) is 15.8. The van der Waals surface area contributed by atoms with Crippen LogP contribution in [0.5, 0.6) is 0 Å². The summed E-state index contributed by atoms with van der Waals surface area (Å²) in [4.78, 5) is 12.7. The van der Waals surface area contributed by atoms with Crippen molar-refractivity contribution >= 4 is 6.09 Å². The van der Waals surface area contributed by atoms with Gasteiger partial charge >= 0.3 is 6.09 Å². The summed E-state index contributed by atoms with van der Waals surface area (Å²) in [5.41, 5.74) is -0.132. The van der Waals surface area contributed by atoms with Gasteiger partial charge in [-0.3, -0.25) is 0 Å². The van der Waals surface area contributed by atoms with Crippen LogP contribution in [0.15, 0.2) is 12.7 Å². The SMILES string of the molecule is C=C[C@@]1(C)CC[C@@H]2[C@](C)(CCC3C(C)(C)[C@H](OC(=O)NCCCCCCCCCCCC)CC[C@]32C)O1. The van der Waals surface area contributed by atoms with E-state index in [9.17, 15) is 4.79 Å². The molecule has 2 aliphatic carbocycles. The second kappa shape index (κ2) is 12.9. The molecule has 0 aromatic heterocycles. The Kier molecular flexibility index (Phi) is 10.6. The van der Waals surface area contributed by atoms with Gasteiger partial charge in [-0.1, -0.05) is 91.6 Å². The molecule has 0 spiro atoms. The molecule has 1 saturated heterocycles. The van der Waals surface area contributed by atoms with Crippen LogP contribution in [-0.4, -0.2) is 29.9 Å². The van der Waals surface area contributed by atoms with E-state index in [2.05, 4.69) is 53.4 Å². The minimum atomic E-state index is -0.221. The topological polar surface area (TPSA) is 47.6 Å². The van der Waals surface area contributed by atoms with E-state index in [0.717, 1.165) is 45.1 Å².